The lowest BCUT2D eigenvalue weighted by molar-refractivity contribution is -0.117. The molecule has 0 spiro atoms. The van der Waals surface area contributed by atoms with E-state index in [-0.39, 0.29) is 11.7 Å². The van der Waals surface area contributed by atoms with Gasteiger partial charge in [-0.25, -0.2) is 4.39 Å². The fourth-order valence-electron chi connectivity index (χ4n) is 2.04. The Morgan fingerprint density at radius 2 is 1.83 bits per heavy atom. The van der Waals surface area contributed by atoms with Crippen molar-refractivity contribution in [3.63, 3.8) is 0 Å². The highest BCUT2D eigenvalue weighted by atomic mass is 35.5. The predicted octanol–water partition coefficient (Wildman–Crippen LogP) is 5.32. The van der Waals surface area contributed by atoms with Gasteiger partial charge in [0.05, 0.1) is 4.91 Å². The van der Waals surface area contributed by atoms with E-state index in [1.54, 1.807) is 13.0 Å². The molecule has 2 aromatic carbocycles. The monoisotopic (exact) mass is 363 g/mol. The summed E-state index contributed by atoms with van der Waals surface area (Å²) in [6.07, 6.45) is 0. The fraction of sp³-hybridized carbons (Fsp3) is 0.211. The van der Waals surface area contributed by atoms with Crippen molar-refractivity contribution in [2.24, 2.45) is 0 Å². The number of hydrogen-bond donors (Lipinski definition) is 1. The highest BCUT2D eigenvalue weighted by molar-refractivity contribution is 8.04. The highest BCUT2D eigenvalue weighted by Gasteiger charge is 2.15. The molecule has 2 aromatic rings. The van der Waals surface area contributed by atoms with E-state index in [9.17, 15) is 9.18 Å². The van der Waals surface area contributed by atoms with Crippen LogP contribution in [-0.4, -0.2) is 5.91 Å². The van der Waals surface area contributed by atoms with Gasteiger partial charge in [0.25, 0.3) is 5.91 Å². The Labute approximate surface area is 151 Å². The van der Waals surface area contributed by atoms with Gasteiger partial charge < -0.3 is 5.32 Å². The largest absolute Gasteiger partial charge is 0.347 e. The number of hydrogen-bond acceptors (Lipinski definition) is 2. The van der Waals surface area contributed by atoms with Crippen molar-refractivity contribution in [2.75, 3.05) is 0 Å². The number of carbonyl (C=O) groups is 1. The van der Waals surface area contributed by atoms with E-state index in [0.29, 0.717) is 21.4 Å². The van der Waals surface area contributed by atoms with E-state index >= 15 is 0 Å². The second kappa shape index (κ2) is 8.36. The van der Waals surface area contributed by atoms with Crippen LogP contribution in [0.1, 0.15) is 23.6 Å². The predicted molar refractivity (Wildman–Crippen MR) is 98.6 cm³/mol. The summed E-state index contributed by atoms with van der Waals surface area (Å²) in [7, 11) is 0. The van der Waals surface area contributed by atoms with E-state index in [0.717, 1.165) is 11.1 Å². The van der Waals surface area contributed by atoms with Gasteiger partial charge in [0.2, 0.25) is 0 Å². The maximum absolute atomic E-state index is 13.4. The Morgan fingerprint density at radius 3 is 2.46 bits per heavy atom. The van der Waals surface area contributed by atoms with Gasteiger partial charge in [-0.3, -0.25) is 4.79 Å². The summed E-state index contributed by atoms with van der Waals surface area (Å²) >= 11 is 7.27. The van der Waals surface area contributed by atoms with Crippen LogP contribution in [0.5, 0.6) is 0 Å². The lowest BCUT2D eigenvalue weighted by Gasteiger charge is -2.12. The van der Waals surface area contributed by atoms with Crippen LogP contribution in [0.25, 0.3) is 0 Å². The molecule has 0 fully saturated rings. The molecule has 0 radical (unpaired) electrons. The van der Waals surface area contributed by atoms with Crippen LogP contribution in [0.15, 0.2) is 57.3 Å². The molecular weight excluding hydrogens is 345 g/mol. The molecule has 126 valence electrons. The maximum Gasteiger partial charge on any atom is 0.259 e. The average Bonchev–Trinajstić information content (AvgIpc) is 2.54. The van der Waals surface area contributed by atoms with Gasteiger partial charge in [0, 0.05) is 16.5 Å². The molecule has 24 heavy (non-hydrogen) atoms. The molecule has 0 saturated carbocycles. The third kappa shape index (κ3) is 5.11. The maximum atomic E-state index is 13.4. The van der Waals surface area contributed by atoms with E-state index in [4.69, 9.17) is 11.6 Å². The van der Waals surface area contributed by atoms with Crippen LogP contribution in [-0.2, 0) is 11.3 Å². The number of amides is 1. The Morgan fingerprint density at radius 1 is 1.17 bits per heavy atom. The zero-order valence-corrected chi connectivity index (χ0v) is 15.4. The summed E-state index contributed by atoms with van der Waals surface area (Å²) < 4.78 is 13.4. The zero-order valence-electron chi connectivity index (χ0n) is 13.8. The Balaban J connectivity index is 2.10. The van der Waals surface area contributed by atoms with Crippen molar-refractivity contribution in [1.82, 2.24) is 5.32 Å². The van der Waals surface area contributed by atoms with Crippen molar-refractivity contribution in [2.45, 2.75) is 32.2 Å². The molecule has 0 aliphatic heterocycles. The molecule has 0 aliphatic carbocycles. The van der Waals surface area contributed by atoms with Crippen LogP contribution < -0.4 is 5.32 Å². The van der Waals surface area contributed by atoms with E-state index < -0.39 is 0 Å². The van der Waals surface area contributed by atoms with Gasteiger partial charge in [-0.1, -0.05) is 59.3 Å². The number of benzene rings is 2. The van der Waals surface area contributed by atoms with Gasteiger partial charge in [0.15, 0.2) is 0 Å². The molecule has 2 nitrogen and oxygen atoms in total. The second-order valence-corrected chi connectivity index (χ2v) is 7.16. The third-order valence-electron chi connectivity index (χ3n) is 3.45. The number of allylic oxidation sites excluding steroid dienone is 1. The molecule has 0 aliphatic rings. The number of rotatable bonds is 5. The summed E-state index contributed by atoms with van der Waals surface area (Å²) in [4.78, 5) is 13.5. The van der Waals surface area contributed by atoms with E-state index in [1.165, 1.54) is 29.5 Å². The first-order chi connectivity index (χ1) is 11.4. The van der Waals surface area contributed by atoms with Gasteiger partial charge in [-0.2, -0.15) is 0 Å². The minimum Gasteiger partial charge on any atom is -0.347 e. The Bertz CT molecular complexity index is 767. The molecule has 0 aromatic heterocycles. The Hall–Kier alpha value is -1.78. The van der Waals surface area contributed by atoms with Gasteiger partial charge in [0.1, 0.15) is 5.82 Å². The molecular formula is C19H19ClFNOS. The second-order valence-electron chi connectivity index (χ2n) is 5.54. The van der Waals surface area contributed by atoms with Crippen LogP contribution in [0.2, 0.25) is 0 Å². The number of aryl methyl sites for hydroxylation is 2. The normalized spacial score (nSPS) is 11.9. The van der Waals surface area contributed by atoms with Crippen molar-refractivity contribution < 1.29 is 9.18 Å². The van der Waals surface area contributed by atoms with E-state index in [2.05, 4.69) is 5.32 Å². The standard InChI is InChI=1S/C19H19ClFNOS/c1-12-4-7-15(8-5-12)11-22-19(23)18(14(3)20)24-17-10-16(21)9-6-13(17)2/h4-10H,11H2,1-3H3,(H,22,23)/b18-14+. The van der Waals surface area contributed by atoms with Gasteiger partial charge >= 0.3 is 0 Å². The number of halogens is 2. The van der Waals surface area contributed by atoms with Crippen LogP contribution in [0.3, 0.4) is 0 Å². The van der Waals surface area contributed by atoms with E-state index in [1.807, 2.05) is 38.1 Å². The van der Waals surface area contributed by atoms with Crippen molar-refractivity contribution in [1.29, 1.82) is 0 Å². The third-order valence-corrected chi connectivity index (χ3v) is 5.11. The summed E-state index contributed by atoms with van der Waals surface area (Å²) in [5.41, 5.74) is 3.06. The number of carbonyl (C=O) groups excluding carboxylic acids is 1. The smallest absolute Gasteiger partial charge is 0.259 e. The first-order valence-electron chi connectivity index (χ1n) is 7.51. The SMILES string of the molecule is C/C(Cl)=C(\Sc1cc(F)ccc1C)C(=O)NCc1ccc(C)cc1. The number of nitrogens with one attached hydrogen (secondary N) is 1. The molecule has 0 atom stereocenters. The number of thioether (sulfide) groups is 1. The van der Waals surface area contributed by atoms with Crippen LogP contribution in [0, 0.1) is 19.7 Å². The molecule has 0 saturated heterocycles. The summed E-state index contributed by atoms with van der Waals surface area (Å²) in [5.74, 6) is -0.605. The van der Waals surface area contributed by atoms with Crippen LogP contribution in [0.4, 0.5) is 4.39 Å². The van der Waals surface area contributed by atoms with Crippen molar-refractivity contribution in [3.05, 3.63) is 74.9 Å². The molecule has 0 bridgehead atoms. The zero-order chi connectivity index (χ0) is 17.7. The van der Waals surface area contributed by atoms with Crippen molar-refractivity contribution >= 4 is 29.3 Å². The molecule has 5 heteroatoms. The average molecular weight is 364 g/mol. The summed E-state index contributed by atoms with van der Waals surface area (Å²) in [6, 6.07) is 12.4. The lowest BCUT2D eigenvalue weighted by atomic mass is 10.1. The van der Waals surface area contributed by atoms with Crippen LogP contribution >= 0.6 is 23.4 Å². The summed E-state index contributed by atoms with van der Waals surface area (Å²) in [6.45, 7) is 5.95. The topological polar surface area (TPSA) is 29.1 Å². The van der Waals surface area contributed by atoms with Gasteiger partial charge in [-0.05, 0) is 44.0 Å². The fourth-order valence-corrected chi connectivity index (χ4v) is 3.16. The minimum absolute atomic E-state index is 0.267. The highest BCUT2D eigenvalue weighted by Crippen LogP contribution is 2.33. The molecule has 1 amide bonds. The minimum atomic E-state index is -0.338. The molecule has 1 N–H and O–H groups in total. The molecule has 2 rings (SSSR count). The molecule has 0 unspecified atom stereocenters. The van der Waals surface area contributed by atoms with Crippen molar-refractivity contribution in [3.8, 4) is 0 Å². The Kier molecular flexibility index (Phi) is 6.46. The first kappa shape index (κ1) is 18.6. The summed E-state index contributed by atoms with van der Waals surface area (Å²) in [5, 5.41) is 3.24. The first-order valence-corrected chi connectivity index (χ1v) is 8.70. The lowest BCUT2D eigenvalue weighted by Crippen LogP contribution is -2.23. The molecule has 0 heterocycles. The van der Waals surface area contributed by atoms with Gasteiger partial charge in [-0.15, -0.1) is 0 Å². The quantitative estimate of drug-likeness (QED) is 0.575.